The number of fused-ring (bicyclic) bond motifs is 1. The Labute approximate surface area is 747 Å². The third kappa shape index (κ3) is 31.7. The Bertz CT molecular complexity index is 5080. The van der Waals surface area contributed by atoms with Gasteiger partial charge in [0, 0.05) is 119 Å². The summed E-state index contributed by atoms with van der Waals surface area (Å²) in [4.78, 5) is 220. The lowest BCUT2D eigenvalue weighted by atomic mass is 9.99. The summed E-state index contributed by atoms with van der Waals surface area (Å²) in [5.74, 6) is -10.7. The van der Waals surface area contributed by atoms with Gasteiger partial charge in [0.1, 0.15) is 66.5 Å². The number of carbonyl (C=O) groups is 14. The van der Waals surface area contributed by atoms with E-state index >= 15 is 28.8 Å². The van der Waals surface area contributed by atoms with Gasteiger partial charge in [0.15, 0.2) is 0 Å². The Kier molecular flexibility index (Phi) is 37.7. The minimum Gasteiger partial charge on any atom is -0.394 e. The van der Waals surface area contributed by atoms with E-state index in [4.69, 9.17) is 17.3 Å². The molecule has 0 radical (unpaired) electrons. The van der Waals surface area contributed by atoms with Crippen LogP contribution in [0.2, 0.25) is 5.02 Å². The molecule has 0 aliphatic carbocycles. The van der Waals surface area contributed by atoms with Gasteiger partial charge >= 0.3 is 0 Å². The number of nitrogens with zero attached hydrogens (tertiary/aromatic N) is 4. The Balaban J connectivity index is 1.04. The maximum Gasteiger partial charge on any atom is 0.247 e. The van der Waals surface area contributed by atoms with Crippen LogP contribution in [0.15, 0.2) is 165 Å². The van der Waals surface area contributed by atoms with Crippen LogP contribution in [0.4, 0.5) is 11.4 Å². The first kappa shape index (κ1) is 98.5. The number of hydrogen-bond acceptors (Lipinski definition) is 20. The number of pyridine rings is 1. The van der Waals surface area contributed by atoms with Gasteiger partial charge in [0.2, 0.25) is 82.7 Å². The molecule has 4 heterocycles. The first-order valence-electron chi connectivity index (χ1n) is 42.7. The third-order valence-corrected chi connectivity index (χ3v) is 21.3. The van der Waals surface area contributed by atoms with Crippen molar-refractivity contribution in [3.05, 3.63) is 209 Å². The number of amides is 14. The van der Waals surface area contributed by atoms with Crippen LogP contribution < -0.4 is 80.2 Å². The van der Waals surface area contributed by atoms with Crippen LogP contribution in [-0.2, 0) is 112 Å². The number of aromatic amines is 2. The van der Waals surface area contributed by atoms with Crippen LogP contribution in [0.25, 0.3) is 10.8 Å². The van der Waals surface area contributed by atoms with E-state index in [1.807, 2.05) is 56.3 Å². The summed E-state index contributed by atoms with van der Waals surface area (Å²) >= 11 is 6.30. The van der Waals surface area contributed by atoms with E-state index < -0.39 is 168 Å². The second kappa shape index (κ2) is 49.0. The molecule has 1 fully saturated rings. The zero-order chi connectivity index (χ0) is 92.5. The maximum absolute atomic E-state index is 15.8. The lowest BCUT2D eigenvalue weighted by molar-refractivity contribution is -0.142. The Hall–Kier alpha value is -13.3. The molecule has 1 aliphatic rings. The van der Waals surface area contributed by atoms with Gasteiger partial charge in [-0.05, 0) is 139 Å². The van der Waals surface area contributed by atoms with Crippen LogP contribution in [0.3, 0.4) is 0 Å². The number of aromatic nitrogens is 5. The van der Waals surface area contributed by atoms with Crippen molar-refractivity contribution >= 4 is 116 Å². The Morgan fingerprint density at radius 1 is 0.461 bits per heavy atom. The number of H-pyrrole nitrogens is 2. The number of likely N-dealkylation sites (tertiary alicyclic amines) is 1. The van der Waals surface area contributed by atoms with Crippen molar-refractivity contribution in [2.75, 3.05) is 30.3 Å². The smallest absolute Gasteiger partial charge is 0.247 e. The van der Waals surface area contributed by atoms with Crippen molar-refractivity contribution < 1.29 is 72.2 Å². The molecule has 1 saturated heterocycles. The molecular formula is C91H116ClN21O15. The van der Waals surface area contributed by atoms with Gasteiger partial charge in [-0.3, -0.25) is 72.1 Å². The fourth-order valence-corrected chi connectivity index (χ4v) is 14.9. The van der Waals surface area contributed by atoms with Crippen LogP contribution in [0.5, 0.6) is 0 Å². The van der Waals surface area contributed by atoms with E-state index in [2.05, 4.69) is 99.4 Å². The number of halogens is 1. The van der Waals surface area contributed by atoms with Gasteiger partial charge in [-0.1, -0.05) is 124 Å². The average molecular weight is 1780 g/mol. The molecular weight excluding hydrogens is 1660 g/mol. The average Bonchev–Trinajstić information content (AvgIpc) is 1.77. The molecule has 5 aromatic carbocycles. The SMILES string of the molecule is CC(=O)N[C@@H](Cc1c[nH]cn1)C(=O)Nc1ccc(C[C@H](NC(=O)[C@H](CO)NC(=O)[C@@H](Cc2cccnc2)NC(=O)[C@@H](Cc2ccc(Cl)cc2)NC(=O)[C@@H](Cc2ccc3ccccc3c2)NC(C)=O)C(=O)N[C@H](Cc2ccc(NC(=O)[C@@H](Cc3c[nH]cn3)NC(C)=O)cc2)C(=O)N[C@@H](CC(C)C)C(=O)N[C@@H](CCCCNC(C)C)C(=O)N2CCC[C@H]2C(=O)N[C@H](C)N)cc1. The van der Waals surface area contributed by atoms with Crippen LogP contribution in [0.1, 0.15) is 133 Å². The van der Waals surface area contributed by atoms with Crippen molar-refractivity contribution in [2.45, 2.75) is 218 Å². The number of anilines is 2. The number of aliphatic hydroxyl groups is 1. The second-order valence-corrected chi connectivity index (χ2v) is 33.1. The summed E-state index contributed by atoms with van der Waals surface area (Å²) in [5.41, 5.74) is 9.69. The molecule has 37 heteroatoms. The van der Waals surface area contributed by atoms with Gasteiger partial charge < -0.3 is 100 Å². The molecule has 9 rings (SSSR count). The molecule has 36 nitrogen and oxygen atoms in total. The topological polar surface area (TPSA) is 527 Å². The highest BCUT2D eigenvalue weighted by Crippen LogP contribution is 2.24. The van der Waals surface area contributed by atoms with E-state index in [1.54, 1.807) is 81.7 Å². The standard InChI is InChI=1S/C91H116ClN21O15/c1-52(2)37-71(83(120)106-70(18-11-12-35-97-53(3)4)91(128)113-36-14-19-80(113)90(127)100-54(5)93)107-85(122)74(40-59-23-30-66(31-24-59)104-81(118)77(102-56(7)116)44-68-47-95-50-98-68)109-87(124)75(41-60-25-32-67(33-26-60)105-82(119)78(103-57(8)117)45-69-48-96-51-99-69)111-89(126)79(49-114)112-88(125)76(43-62-15-13-34-94-46-62)110-86(123)73(39-58-21-28-65(92)29-22-58)108-84(121)72(101-55(6)115)42-61-20-27-63-16-9-10-17-64(63)38-61/h9-10,13,15-17,20-34,38,46-48,50-54,70-80,97,114H,11-12,14,18-19,35-37,39-45,49,93H2,1-8H3,(H,95,98)(H,96,99)(H,100,127)(H,101,115)(H,102,116)(H,103,117)(H,104,118)(H,105,119)(H,106,120)(H,107,122)(H,108,121)(H,109,124)(H,110,123)(H,111,126)(H,112,125)/t54-,70+,71+,72-,73-,74-,75+,76-,77-,78+,79+,80+/m1/s1. The molecule has 128 heavy (non-hydrogen) atoms. The highest BCUT2D eigenvalue weighted by molar-refractivity contribution is 6.30. The molecule has 12 atom stereocenters. The number of nitrogens with one attached hydrogen (secondary N) is 16. The lowest BCUT2D eigenvalue weighted by Crippen LogP contribution is -2.62. The van der Waals surface area contributed by atoms with Gasteiger partial charge in [-0.25, -0.2) is 9.97 Å². The first-order valence-corrected chi connectivity index (χ1v) is 43.1. The number of carbonyl (C=O) groups excluding carboxylic acids is 14. The first-order chi connectivity index (χ1) is 61.2. The number of benzene rings is 5. The van der Waals surface area contributed by atoms with Gasteiger partial charge in [-0.2, -0.15) is 0 Å². The summed E-state index contributed by atoms with van der Waals surface area (Å²) in [6, 6.07) is 19.9. The van der Waals surface area contributed by atoms with Crippen LogP contribution in [-0.4, -0.2) is 216 Å². The summed E-state index contributed by atoms with van der Waals surface area (Å²) in [6.07, 6.45) is 8.98. The molecule has 3 aromatic heterocycles. The van der Waals surface area contributed by atoms with E-state index in [1.165, 1.54) is 87.1 Å². The largest absolute Gasteiger partial charge is 0.394 e. The number of hydrogen-bond donors (Lipinski definition) is 18. The minimum absolute atomic E-state index is 0.00435. The summed E-state index contributed by atoms with van der Waals surface area (Å²) < 4.78 is 0. The zero-order valence-corrected chi connectivity index (χ0v) is 73.6. The molecule has 0 spiro atoms. The van der Waals surface area contributed by atoms with Crippen molar-refractivity contribution in [3.63, 3.8) is 0 Å². The van der Waals surface area contributed by atoms with E-state index in [0.717, 1.165) is 10.8 Å². The fourth-order valence-electron chi connectivity index (χ4n) is 14.8. The van der Waals surface area contributed by atoms with E-state index in [-0.39, 0.29) is 81.2 Å². The Morgan fingerprint density at radius 2 is 0.883 bits per heavy atom. The number of aliphatic hydroxyl groups excluding tert-OH is 1. The van der Waals surface area contributed by atoms with Crippen molar-refractivity contribution in [2.24, 2.45) is 11.7 Å². The highest BCUT2D eigenvalue weighted by atomic mass is 35.5. The van der Waals surface area contributed by atoms with Gasteiger partial charge in [0.05, 0.1) is 36.8 Å². The third-order valence-electron chi connectivity index (χ3n) is 21.1. The molecule has 1 aliphatic heterocycles. The Morgan fingerprint density at radius 3 is 1.33 bits per heavy atom. The monoisotopic (exact) mass is 1780 g/mol. The molecule has 682 valence electrons. The second-order valence-electron chi connectivity index (χ2n) is 32.7. The summed E-state index contributed by atoms with van der Waals surface area (Å²) in [7, 11) is 0. The van der Waals surface area contributed by atoms with E-state index in [0.29, 0.717) is 76.5 Å². The quantitative estimate of drug-likeness (QED) is 0.0193. The number of imidazole rings is 2. The molecule has 0 bridgehead atoms. The lowest BCUT2D eigenvalue weighted by Gasteiger charge is -2.31. The molecule has 8 aromatic rings. The van der Waals surface area contributed by atoms with Gasteiger partial charge in [0.25, 0.3) is 0 Å². The minimum atomic E-state index is -1.93. The highest BCUT2D eigenvalue weighted by Gasteiger charge is 2.41. The van der Waals surface area contributed by atoms with Crippen LogP contribution >= 0.6 is 11.6 Å². The normalized spacial score (nSPS) is 15.0. The number of nitrogens with two attached hydrogens (primary N) is 1. The molecule has 19 N–H and O–H groups in total. The number of unbranched alkanes of at least 4 members (excludes halogenated alkanes) is 1. The predicted molar refractivity (Wildman–Crippen MR) is 479 cm³/mol. The number of rotatable bonds is 47. The summed E-state index contributed by atoms with van der Waals surface area (Å²) in [5, 5.41) is 52.4. The predicted octanol–water partition coefficient (Wildman–Crippen LogP) is 2.74. The summed E-state index contributed by atoms with van der Waals surface area (Å²) in [6.45, 7) is 12.6. The maximum atomic E-state index is 15.8. The van der Waals surface area contributed by atoms with Gasteiger partial charge in [-0.15, -0.1) is 0 Å². The van der Waals surface area contributed by atoms with Crippen molar-refractivity contribution in [1.82, 2.24) is 93.6 Å². The van der Waals surface area contributed by atoms with Crippen molar-refractivity contribution in [3.8, 4) is 0 Å². The molecule has 14 amide bonds. The molecule has 0 unspecified atom stereocenters. The molecule has 0 saturated carbocycles. The fraction of sp³-hybridized carbons (Fsp3) is 0.418. The zero-order valence-electron chi connectivity index (χ0n) is 72.9. The van der Waals surface area contributed by atoms with Crippen molar-refractivity contribution in [1.29, 1.82) is 0 Å². The van der Waals surface area contributed by atoms with E-state index in [9.17, 15) is 43.5 Å². The van der Waals surface area contributed by atoms with Crippen LogP contribution in [0, 0.1) is 5.92 Å².